The summed E-state index contributed by atoms with van der Waals surface area (Å²) >= 11 is 0. The van der Waals surface area contributed by atoms with Gasteiger partial charge in [-0.25, -0.2) is 12.8 Å². The second kappa shape index (κ2) is 8.96. The Morgan fingerprint density at radius 2 is 1.63 bits per heavy atom. The van der Waals surface area contributed by atoms with Crippen molar-refractivity contribution in [3.63, 3.8) is 0 Å². The molecule has 30 heavy (non-hydrogen) atoms. The number of nitrogens with zero attached hydrogens (tertiary/aromatic N) is 1. The van der Waals surface area contributed by atoms with Gasteiger partial charge in [0.2, 0.25) is 5.91 Å². The molecule has 0 aromatic heterocycles. The molecular weight excluding hydrogens is 407 g/mol. The van der Waals surface area contributed by atoms with Crippen LogP contribution in [0, 0.1) is 5.82 Å². The maximum absolute atomic E-state index is 13.5. The first-order valence-electron chi connectivity index (χ1n) is 9.09. The fourth-order valence-corrected chi connectivity index (χ4v) is 4.39. The minimum absolute atomic E-state index is 0.00851. The molecule has 6 nitrogen and oxygen atoms in total. The number of hydrogen-bond acceptors (Lipinski definition) is 4. The molecule has 156 valence electrons. The highest BCUT2D eigenvalue weighted by molar-refractivity contribution is 7.92. The van der Waals surface area contributed by atoms with Crippen molar-refractivity contribution in [1.29, 1.82) is 0 Å². The van der Waals surface area contributed by atoms with Crippen molar-refractivity contribution >= 4 is 27.3 Å². The van der Waals surface area contributed by atoms with Crippen molar-refractivity contribution in [2.75, 3.05) is 16.7 Å². The van der Waals surface area contributed by atoms with Crippen LogP contribution in [0.2, 0.25) is 0 Å². The summed E-state index contributed by atoms with van der Waals surface area (Å²) < 4.78 is 46.9. The maximum Gasteiger partial charge on any atom is 0.264 e. The van der Waals surface area contributed by atoms with Crippen molar-refractivity contribution < 1.29 is 22.3 Å². The average Bonchev–Trinajstić information content (AvgIpc) is 2.73. The van der Waals surface area contributed by atoms with E-state index < -0.39 is 15.8 Å². The zero-order valence-electron chi connectivity index (χ0n) is 16.5. The second-order valence-corrected chi connectivity index (χ2v) is 8.37. The van der Waals surface area contributed by atoms with Crippen LogP contribution in [0.4, 0.5) is 15.8 Å². The van der Waals surface area contributed by atoms with Gasteiger partial charge in [0.15, 0.2) is 0 Å². The highest BCUT2D eigenvalue weighted by Crippen LogP contribution is 2.29. The van der Waals surface area contributed by atoms with E-state index in [-0.39, 0.29) is 17.3 Å². The molecule has 0 saturated carbocycles. The zero-order valence-corrected chi connectivity index (χ0v) is 17.3. The van der Waals surface area contributed by atoms with Crippen LogP contribution in [0.3, 0.4) is 0 Å². The molecule has 0 bridgehead atoms. The first-order valence-corrected chi connectivity index (χ1v) is 10.5. The third-order valence-corrected chi connectivity index (χ3v) is 6.17. The number of para-hydroxylation sites is 1. The standard InChI is InChI=1S/C22H21FN2O4S/c1-16(26)24-19-9-13-21(14-10-19)30(27,28)25(20-11-7-18(23)8-12-20)15-17-5-3-4-6-22(17)29-2/h3-14H,15H2,1-2H3,(H,24,26). The first kappa shape index (κ1) is 21.3. The van der Waals surface area contributed by atoms with E-state index in [1.54, 1.807) is 24.3 Å². The summed E-state index contributed by atoms with van der Waals surface area (Å²) in [6, 6.07) is 18.2. The van der Waals surface area contributed by atoms with Crippen LogP contribution >= 0.6 is 0 Å². The van der Waals surface area contributed by atoms with Crippen molar-refractivity contribution in [3.05, 3.63) is 84.2 Å². The summed E-state index contributed by atoms with van der Waals surface area (Å²) in [6.07, 6.45) is 0. The number of carbonyl (C=O) groups is 1. The molecule has 3 aromatic carbocycles. The van der Waals surface area contributed by atoms with Gasteiger partial charge >= 0.3 is 0 Å². The fraction of sp³-hybridized carbons (Fsp3) is 0.136. The predicted octanol–water partition coefficient (Wildman–Crippen LogP) is 4.19. The Morgan fingerprint density at radius 1 is 1.00 bits per heavy atom. The van der Waals surface area contributed by atoms with Gasteiger partial charge in [0.1, 0.15) is 11.6 Å². The predicted molar refractivity (Wildman–Crippen MR) is 114 cm³/mol. The molecule has 0 saturated heterocycles. The number of nitrogens with one attached hydrogen (secondary N) is 1. The second-order valence-electron chi connectivity index (χ2n) is 6.51. The number of methoxy groups -OCH3 is 1. The van der Waals surface area contributed by atoms with E-state index in [2.05, 4.69) is 5.32 Å². The van der Waals surface area contributed by atoms with Crippen molar-refractivity contribution in [1.82, 2.24) is 0 Å². The lowest BCUT2D eigenvalue weighted by molar-refractivity contribution is -0.114. The number of hydrogen-bond donors (Lipinski definition) is 1. The van der Waals surface area contributed by atoms with E-state index in [1.165, 1.54) is 66.9 Å². The number of amides is 1. The van der Waals surface area contributed by atoms with E-state index >= 15 is 0 Å². The smallest absolute Gasteiger partial charge is 0.264 e. The van der Waals surface area contributed by atoms with Crippen molar-refractivity contribution in [2.24, 2.45) is 0 Å². The molecule has 3 rings (SSSR count). The molecule has 1 N–H and O–H groups in total. The molecule has 3 aromatic rings. The molecule has 1 amide bonds. The van der Waals surface area contributed by atoms with Crippen molar-refractivity contribution in [2.45, 2.75) is 18.4 Å². The van der Waals surface area contributed by atoms with E-state index in [0.717, 1.165) is 0 Å². The summed E-state index contributed by atoms with van der Waals surface area (Å²) in [5, 5.41) is 2.60. The molecule has 0 fully saturated rings. The summed E-state index contributed by atoms with van der Waals surface area (Å²) in [5.74, 6) is -0.177. The Morgan fingerprint density at radius 3 is 2.23 bits per heavy atom. The normalized spacial score (nSPS) is 11.0. The molecule has 0 radical (unpaired) electrons. The van der Waals surface area contributed by atoms with E-state index in [0.29, 0.717) is 22.7 Å². The third kappa shape index (κ3) is 4.77. The van der Waals surface area contributed by atoms with Gasteiger partial charge in [-0.1, -0.05) is 18.2 Å². The Bertz CT molecular complexity index is 1130. The maximum atomic E-state index is 13.5. The molecule has 0 aliphatic carbocycles. The monoisotopic (exact) mass is 428 g/mol. The zero-order chi connectivity index (χ0) is 21.7. The highest BCUT2D eigenvalue weighted by Gasteiger charge is 2.26. The van der Waals surface area contributed by atoms with Gasteiger partial charge in [0, 0.05) is 18.2 Å². The minimum Gasteiger partial charge on any atom is -0.496 e. The van der Waals surface area contributed by atoms with Gasteiger partial charge in [-0.2, -0.15) is 0 Å². The molecule has 0 heterocycles. The molecule has 0 aliphatic rings. The fourth-order valence-electron chi connectivity index (χ4n) is 2.95. The molecular formula is C22H21FN2O4S. The number of ether oxygens (including phenoxy) is 1. The number of anilines is 2. The molecule has 8 heteroatoms. The van der Waals surface area contributed by atoms with Crippen molar-refractivity contribution in [3.8, 4) is 5.75 Å². The van der Waals surface area contributed by atoms with Crippen LogP contribution in [0.25, 0.3) is 0 Å². The Kier molecular flexibility index (Phi) is 6.37. The molecule has 0 spiro atoms. The van der Waals surface area contributed by atoms with E-state index in [1.807, 2.05) is 0 Å². The summed E-state index contributed by atoms with van der Waals surface area (Å²) in [6.45, 7) is 1.36. The SMILES string of the molecule is COc1ccccc1CN(c1ccc(F)cc1)S(=O)(=O)c1ccc(NC(C)=O)cc1. The number of sulfonamides is 1. The van der Waals surface area contributed by atoms with Crippen LogP contribution in [-0.4, -0.2) is 21.4 Å². The molecule has 0 atom stereocenters. The Balaban J connectivity index is 2.04. The van der Waals surface area contributed by atoms with E-state index in [9.17, 15) is 17.6 Å². The summed E-state index contributed by atoms with van der Waals surface area (Å²) in [7, 11) is -2.48. The van der Waals surface area contributed by atoms with Gasteiger partial charge in [0.05, 0.1) is 24.2 Å². The van der Waals surface area contributed by atoms with Crippen LogP contribution in [0.15, 0.2) is 77.7 Å². The quantitative estimate of drug-likeness (QED) is 0.612. The van der Waals surface area contributed by atoms with Crippen LogP contribution in [-0.2, 0) is 21.4 Å². The summed E-state index contributed by atoms with van der Waals surface area (Å²) in [4.78, 5) is 11.2. The Labute approximate surface area is 175 Å². The lowest BCUT2D eigenvalue weighted by atomic mass is 10.2. The number of carbonyl (C=O) groups excluding carboxylic acids is 1. The topological polar surface area (TPSA) is 75.7 Å². The number of benzene rings is 3. The van der Waals surface area contributed by atoms with Gasteiger partial charge < -0.3 is 10.1 Å². The molecule has 0 unspecified atom stereocenters. The van der Waals surface area contributed by atoms with Crippen LogP contribution < -0.4 is 14.4 Å². The van der Waals surface area contributed by atoms with Gasteiger partial charge in [-0.15, -0.1) is 0 Å². The number of rotatable bonds is 7. The van der Waals surface area contributed by atoms with Crippen LogP contribution in [0.1, 0.15) is 12.5 Å². The lowest BCUT2D eigenvalue weighted by Crippen LogP contribution is -2.30. The largest absolute Gasteiger partial charge is 0.496 e. The third-order valence-electron chi connectivity index (χ3n) is 4.38. The van der Waals surface area contributed by atoms with Gasteiger partial charge in [-0.3, -0.25) is 9.10 Å². The van der Waals surface area contributed by atoms with E-state index in [4.69, 9.17) is 4.74 Å². The van der Waals surface area contributed by atoms with Gasteiger partial charge in [-0.05, 0) is 54.6 Å². The Hall–Kier alpha value is -3.39. The molecule has 0 aliphatic heterocycles. The summed E-state index contributed by atoms with van der Waals surface area (Å²) in [5.41, 5.74) is 1.45. The van der Waals surface area contributed by atoms with Gasteiger partial charge in [0.25, 0.3) is 10.0 Å². The number of halogens is 1. The van der Waals surface area contributed by atoms with Crippen LogP contribution in [0.5, 0.6) is 5.75 Å². The average molecular weight is 428 g/mol. The first-order chi connectivity index (χ1) is 14.3. The minimum atomic E-state index is -3.99. The lowest BCUT2D eigenvalue weighted by Gasteiger charge is -2.25. The highest BCUT2D eigenvalue weighted by atomic mass is 32.2.